The molecule has 1 saturated heterocycles. The fourth-order valence-electron chi connectivity index (χ4n) is 4.23. The van der Waals surface area contributed by atoms with Gasteiger partial charge in [-0.25, -0.2) is 0 Å². The van der Waals surface area contributed by atoms with Crippen molar-refractivity contribution in [2.75, 3.05) is 13.1 Å². The molecule has 31 heavy (non-hydrogen) atoms. The number of nitrogens with zero attached hydrogens (tertiary/aromatic N) is 2. The molecule has 8 heteroatoms. The maximum atomic E-state index is 13.3. The summed E-state index contributed by atoms with van der Waals surface area (Å²) in [6, 6.07) is 8.05. The van der Waals surface area contributed by atoms with Crippen molar-refractivity contribution in [1.82, 2.24) is 9.80 Å². The normalized spacial score (nSPS) is 18.6. The summed E-state index contributed by atoms with van der Waals surface area (Å²) in [6.45, 7) is 2.78. The van der Waals surface area contributed by atoms with Crippen LogP contribution in [-0.2, 0) is 11.0 Å². The Morgan fingerprint density at radius 2 is 1.71 bits per heavy atom. The van der Waals surface area contributed by atoms with Gasteiger partial charge in [0, 0.05) is 30.6 Å². The Morgan fingerprint density at radius 1 is 1.06 bits per heavy atom. The van der Waals surface area contributed by atoms with Crippen LogP contribution in [0, 0.1) is 5.92 Å². The highest BCUT2D eigenvalue weighted by Gasteiger charge is 2.41. The van der Waals surface area contributed by atoms with Crippen LogP contribution in [0.3, 0.4) is 0 Å². The minimum atomic E-state index is -4.43. The van der Waals surface area contributed by atoms with E-state index in [-0.39, 0.29) is 35.4 Å². The fourth-order valence-corrected chi connectivity index (χ4v) is 4.23. The van der Waals surface area contributed by atoms with E-state index in [4.69, 9.17) is 4.42 Å². The van der Waals surface area contributed by atoms with Gasteiger partial charge in [-0.2, -0.15) is 13.2 Å². The van der Waals surface area contributed by atoms with E-state index in [1.54, 1.807) is 11.2 Å². The zero-order chi connectivity index (χ0) is 22.2. The second-order valence-electron chi connectivity index (χ2n) is 8.31. The lowest BCUT2D eigenvalue weighted by Crippen LogP contribution is -2.45. The van der Waals surface area contributed by atoms with Gasteiger partial charge < -0.3 is 14.2 Å². The zero-order valence-corrected chi connectivity index (χ0v) is 17.3. The van der Waals surface area contributed by atoms with Crippen LogP contribution < -0.4 is 0 Å². The van der Waals surface area contributed by atoms with Gasteiger partial charge in [-0.15, -0.1) is 0 Å². The predicted molar refractivity (Wildman–Crippen MR) is 107 cm³/mol. The van der Waals surface area contributed by atoms with Crippen molar-refractivity contribution in [3.05, 3.63) is 59.5 Å². The molecule has 2 aromatic rings. The van der Waals surface area contributed by atoms with Crippen LogP contribution in [-0.4, -0.2) is 40.7 Å². The van der Waals surface area contributed by atoms with Crippen LogP contribution in [0.1, 0.15) is 60.3 Å². The van der Waals surface area contributed by atoms with Gasteiger partial charge in [-0.3, -0.25) is 9.59 Å². The van der Waals surface area contributed by atoms with Gasteiger partial charge >= 0.3 is 6.18 Å². The standard InChI is InChI=1S/C23H25F3N2O3/c1-15(20-3-2-14-31-20)28(19-8-9-19)22(30)17-10-12-27(13-11-17)21(29)16-4-6-18(7-5-16)23(24,25)26/h2-7,14-15,17,19H,8-13H2,1H3. The molecule has 1 aliphatic heterocycles. The molecular weight excluding hydrogens is 409 g/mol. The average molecular weight is 434 g/mol. The van der Waals surface area contributed by atoms with E-state index in [0.717, 1.165) is 30.7 Å². The van der Waals surface area contributed by atoms with Crippen molar-refractivity contribution in [3.63, 3.8) is 0 Å². The lowest BCUT2D eigenvalue weighted by atomic mass is 9.93. The molecule has 0 bridgehead atoms. The first-order valence-electron chi connectivity index (χ1n) is 10.6. The zero-order valence-electron chi connectivity index (χ0n) is 17.3. The van der Waals surface area contributed by atoms with E-state index in [2.05, 4.69) is 0 Å². The maximum Gasteiger partial charge on any atom is 0.416 e. The first-order chi connectivity index (χ1) is 14.8. The quantitative estimate of drug-likeness (QED) is 0.673. The molecule has 2 aliphatic rings. The molecule has 0 spiro atoms. The molecule has 166 valence electrons. The molecule has 2 amide bonds. The van der Waals surface area contributed by atoms with Gasteiger partial charge in [-0.05, 0) is 69.0 Å². The molecule has 1 aliphatic carbocycles. The number of halogens is 3. The van der Waals surface area contributed by atoms with Crippen molar-refractivity contribution < 1.29 is 27.2 Å². The summed E-state index contributed by atoms with van der Waals surface area (Å²) in [6.07, 6.45) is 0.232. The molecule has 2 fully saturated rings. The summed E-state index contributed by atoms with van der Waals surface area (Å²) in [7, 11) is 0. The average Bonchev–Trinajstić information content (AvgIpc) is 3.43. The summed E-state index contributed by atoms with van der Waals surface area (Å²) >= 11 is 0. The van der Waals surface area contributed by atoms with Gasteiger partial charge in [0.25, 0.3) is 5.91 Å². The monoisotopic (exact) mass is 434 g/mol. The number of rotatable bonds is 5. The summed E-state index contributed by atoms with van der Waals surface area (Å²) < 4.78 is 43.7. The van der Waals surface area contributed by atoms with Crippen LogP contribution in [0.5, 0.6) is 0 Å². The van der Waals surface area contributed by atoms with E-state index in [9.17, 15) is 22.8 Å². The van der Waals surface area contributed by atoms with Crippen LogP contribution in [0.2, 0.25) is 0 Å². The van der Waals surface area contributed by atoms with Gasteiger partial charge in [0.1, 0.15) is 5.76 Å². The van der Waals surface area contributed by atoms with Crippen molar-refractivity contribution in [3.8, 4) is 0 Å². The van der Waals surface area contributed by atoms with E-state index in [0.29, 0.717) is 25.9 Å². The highest BCUT2D eigenvalue weighted by Crippen LogP contribution is 2.37. The highest BCUT2D eigenvalue weighted by atomic mass is 19.4. The number of likely N-dealkylation sites (tertiary alicyclic amines) is 1. The third kappa shape index (κ3) is 4.62. The Hall–Kier alpha value is -2.77. The predicted octanol–water partition coefficient (Wildman–Crippen LogP) is 4.90. The fraction of sp³-hybridized carbons (Fsp3) is 0.478. The first-order valence-corrected chi connectivity index (χ1v) is 10.6. The number of carbonyl (C=O) groups is 2. The maximum absolute atomic E-state index is 13.3. The van der Waals surface area contributed by atoms with Gasteiger partial charge in [-0.1, -0.05) is 0 Å². The van der Waals surface area contributed by atoms with E-state index in [1.807, 2.05) is 24.0 Å². The molecule has 1 unspecified atom stereocenters. The van der Waals surface area contributed by atoms with Crippen LogP contribution in [0.4, 0.5) is 13.2 Å². The number of benzene rings is 1. The Bertz CT molecular complexity index is 913. The van der Waals surface area contributed by atoms with E-state index < -0.39 is 11.7 Å². The number of amides is 2. The number of furan rings is 1. The number of piperidine rings is 1. The second-order valence-corrected chi connectivity index (χ2v) is 8.31. The van der Waals surface area contributed by atoms with Crippen molar-refractivity contribution in [2.45, 2.75) is 50.9 Å². The van der Waals surface area contributed by atoms with E-state index in [1.165, 1.54) is 12.1 Å². The molecule has 0 radical (unpaired) electrons. The molecule has 2 heterocycles. The Kier molecular flexibility index (Phi) is 5.81. The summed E-state index contributed by atoms with van der Waals surface area (Å²) in [5.74, 6) is 0.375. The molecule has 0 N–H and O–H groups in total. The second kappa shape index (κ2) is 8.40. The van der Waals surface area contributed by atoms with Crippen molar-refractivity contribution >= 4 is 11.8 Å². The summed E-state index contributed by atoms with van der Waals surface area (Å²) in [4.78, 5) is 29.5. The third-order valence-electron chi connectivity index (χ3n) is 6.16. The molecule has 1 aromatic carbocycles. The van der Waals surface area contributed by atoms with Gasteiger partial charge in [0.15, 0.2) is 0 Å². The minimum absolute atomic E-state index is 0.0908. The van der Waals surface area contributed by atoms with Gasteiger partial charge in [0.2, 0.25) is 5.91 Å². The largest absolute Gasteiger partial charge is 0.467 e. The highest BCUT2D eigenvalue weighted by molar-refractivity contribution is 5.94. The van der Waals surface area contributed by atoms with Crippen molar-refractivity contribution in [1.29, 1.82) is 0 Å². The number of alkyl halides is 3. The van der Waals surface area contributed by atoms with Crippen LogP contribution in [0.15, 0.2) is 47.1 Å². The Morgan fingerprint density at radius 3 is 2.23 bits per heavy atom. The number of hydrogen-bond donors (Lipinski definition) is 0. The molecule has 1 saturated carbocycles. The summed E-state index contributed by atoms with van der Waals surface area (Å²) in [5, 5.41) is 0. The third-order valence-corrected chi connectivity index (χ3v) is 6.16. The number of hydrogen-bond acceptors (Lipinski definition) is 3. The molecule has 1 atom stereocenters. The summed E-state index contributed by atoms with van der Waals surface area (Å²) in [5.41, 5.74) is -0.553. The molecular formula is C23H25F3N2O3. The molecule has 1 aromatic heterocycles. The van der Waals surface area contributed by atoms with Crippen molar-refractivity contribution in [2.24, 2.45) is 5.92 Å². The van der Waals surface area contributed by atoms with E-state index >= 15 is 0 Å². The lowest BCUT2D eigenvalue weighted by Gasteiger charge is -2.36. The Balaban J connectivity index is 1.37. The van der Waals surface area contributed by atoms with Crippen LogP contribution in [0.25, 0.3) is 0 Å². The molecule has 4 rings (SSSR count). The minimum Gasteiger partial charge on any atom is -0.467 e. The smallest absolute Gasteiger partial charge is 0.416 e. The molecule has 5 nitrogen and oxygen atoms in total. The van der Waals surface area contributed by atoms with Crippen LogP contribution >= 0.6 is 0 Å². The lowest BCUT2D eigenvalue weighted by molar-refractivity contribution is -0.140. The topological polar surface area (TPSA) is 53.8 Å². The number of carbonyl (C=O) groups excluding carboxylic acids is 2. The Labute approximate surface area is 178 Å². The van der Waals surface area contributed by atoms with Gasteiger partial charge in [0.05, 0.1) is 17.9 Å². The first kappa shape index (κ1) is 21.5. The SMILES string of the molecule is CC(c1ccco1)N(C(=O)C1CCN(C(=O)c2ccc(C(F)(F)F)cc2)CC1)C1CC1.